The van der Waals surface area contributed by atoms with Gasteiger partial charge in [0, 0.05) is 50.0 Å². The van der Waals surface area contributed by atoms with Crippen LogP contribution in [-0.4, -0.2) is 57.8 Å². The van der Waals surface area contributed by atoms with Crippen molar-refractivity contribution in [2.75, 3.05) is 51.8 Å². The number of hydrogen-bond acceptors (Lipinski definition) is 4. The highest BCUT2D eigenvalue weighted by molar-refractivity contribution is 6.30. The Balaban J connectivity index is 1.74. The Morgan fingerprint density at radius 3 is 2.52 bits per heavy atom. The lowest BCUT2D eigenvalue weighted by atomic mass is 10.0. The average molecular weight is 388 g/mol. The first-order valence-electron chi connectivity index (χ1n) is 9.17. The van der Waals surface area contributed by atoms with Crippen LogP contribution < -0.4 is 10.2 Å². The van der Waals surface area contributed by atoms with Crippen molar-refractivity contribution in [3.63, 3.8) is 0 Å². The third-order valence-corrected chi connectivity index (χ3v) is 5.06. The van der Waals surface area contributed by atoms with E-state index in [1.807, 2.05) is 14.1 Å². The van der Waals surface area contributed by atoms with E-state index in [1.54, 1.807) is 24.3 Å². The Morgan fingerprint density at radius 1 is 1.19 bits per heavy atom. The molecule has 1 aliphatic rings. The summed E-state index contributed by atoms with van der Waals surface area (Å²) in [6, 6.07) is 15.6. The molecular weight excluding hydrogens is 362 g/mol. The minimum atomic E-state index is -0.110. The van der Waals surface area contributed by atoms with Crippen LogP contribution >= 0.6 is 11.6 Å². The maximum absolute atomic E-state index is 12.5. The largest absolute Gasteiger partial charge is 0.379 e. The number of rotatable bonds is 6. The Bertz CT molecular complexity index is 758. The summed E-state index contributed by atoms with van der Waals surface area (Å²) < 4.78 is 5.49. The van der Waals surface area contributed by atoms with Gasteiger partial charge >= 0.3 is 0 Å². The molecule has 3 rings (SSSR count). The van der Waals surface area contributed by atoms with Crippen molar-refractivity contribution >= 4 is 23.2 Å². The van der Waals surface area contributed by atoms with Crippen LogP contribution in [0.5, 0.6) is 0 Å². The van der Waals surface area contributed by atoms with E-state index in [0.717, 1.165) is 18.8 Å². The number of morpholine rings is 1. The molecule has 1 aliphatic heterocycles. The average Bonchev–Trinajstić information content (AvgIpc) is 2.69. The molecule has 6 heteroatoms. The van der Waals surface area contributed by atoms with Crippen LogP contribution in [0.15, 0.2) is 48.5 Å². The number of amides is 1. The molecule has 1 saturated heterocycles. The molecule has 1 atom stereocenters. The quantitative estimate of drug-likeness (QED) is 0.826. The molecule has 0 unspecified atom stereocenters. The number of carbonyl (C=O) groups excluding carboxylic acids is 1. The zero-order valence-electron chi connectivity index (χ0n) is 15.8. The summed E-state index contributed by atoms with van der Waals surface area (Å²) in [7, 11) is 4.05. The number of ether oxygens (including phenoxy) is 1. The van der Waals surface area contributed by atoms with Crippen LogP contribution in [-0.2, 0) is 4.74 Å². The first-order chi connectivity index (χ1) is 13.0. The Kier molecular flexibility index (Phi) is 6.72. The summed E-state index contributed by atoms with van der Waals surface area (Å²) in [6.07, 6.45) is 0. The van der Waals surface area contributed by atoms with E-state index in [2.05, 4.69) is 39.4 Å². The number of nitrogens with zero attached hydrogens (tertiary/aromatic N) is 2. The topological polar surface area (TPSA) is 44.8 Å². The van der Waals surface area contributed by atoms with E-state index in [4.69, 9.17) is 16.3 Å². The number of carbonyl (C=O) groups is 1. The molecule has 5 nitrogen and oxygen atoms in total. The number of halogens is 1. The second-order valence-electron chi connectivity index (χ2n) is 6.87. The van der Waals surface area contributed by atoms with E-state index in [-0.39, 0.29) is 11.9 Å². The van der Waals surface area contributed by atoms with Crippen molar-refractivity contribution in [3.8, 4) is 0 Å². The highest BCUT2D eigenvalue weighted by Gasteiger charge is 2.23. The van der Waals surface area contributed by atoms with Gasteiger partial charge in [0.2, 0.25) is 0 Å². The summed E-state index contributed by atoms with van der Waals surface area (Å²) in [4.78, 5) is 17.0. The van der Waals surface area contributed by atoms with Crippen molar-refractivity contribution in [1.29, 1.82) is 0 Å². The Hall–Kier alpha value is -2.08. The smallest absolute Gasteiger partial charge is 0.251 e. The maximum atomic E-state index is 12.5. The minimum Gasteiger partial charge on any atom is -0.379 e. The third kappa shape index (κ3) is 5.22. The van der Waals surface area contributed by atoms with E-state index < -0.39 is 0 Å². The standard InChI is InChI=1S/C21H26ClN3O2/c1-24(2)19-8-6-16(7-9-19)20(25-10-12-27-13-11-25)15-23-21(26)17-4-3-5-18(22)14-17/h3-9,14,20H,10-13,15H2,1-2H3,(H,23,26)/t20-/m0/s1. The summed E-state index contributed by atoms with van der Waals surface area (Å²) in [5.41, 5.74) is 2.92. The summed E-state index contributed by atoms with van der Waals surface area (Å²) in [5.74, 6) is -0.110. The zero-order valence-corrected chi connectivity index (χ0v) is 16.6. The molecule has 0 bridgehead atoms. The van der Waals surface area contributed by atoms with Gasteiger partial charge in [-0.25, -0.2) is 0 Å². The second-order valence-corrected chi connectivity index (χ2v) is 7.31. The number of benzene rings is 2. The fraction of sp³-hybridized carbons (Fsp3) is 0.381. The highest BCUT2D eigenvalue weighted by atomic mass is 35.5. The zero-order chi connectivity index (χ0) is 19.2. The van der Waals surface area contributed by atoms with Crippen molar-refractivity contribution in [1.82, 2.24) is 10.2 Å². The predicted octanol–water partition coefficient (Wildman–Crippen LogP) is 3.21. The number of hydrogen-bond donors (Lipinski definition) is 1. The lowest BCUT2D eigenvalue weighted by molar-refractivity contribution is 0.0162. The molecule has 2 aromatic rings. The maximum Gasteiger partial charge on any atom is 0.251 e. The van der Waals surface area contributed by atoms with Crippen LogP contribution in [0.2, 0.25) is 5.02 Å². The molecule has 2 aromatic carbocycles. The second kappa shape index (κ2) is 9.22. The van der Waals surface area contributed by atoms with Gasteiger partial charge in [0.15, 0.2) is 0 Å². The molecule has 0 saturated carbocycles. The fourth-order valence-corrected chi connectivity index (χ4v) is 3.45. The van der Waals surface area contributed by atoms with Gasteiger partial charge in [-0.3, -0.25) is 9.69 Å². The molecule has 1 N–H and O–H groups in total. The molecule has 1 amide bonds. The minimum absolute atomic E-state index is 0.105. The van der Waals surface area contributed by atoms with Crippen LogP contribution in [0.25, 0.3) is 0 Å². The normalized spacial score (nSPS) is 16.0. The van der Waals surface area contributed by atoms with Gasteiger partial charge in [0.1, 0.15) is 0 Å². The van der Waals surface area contributed by atoms with Gasteiger partial charge in [-0.2, -0.15) is 0 Å². The van der Waals surface area contributed by atoms with Crippen molar-refractivity contribution < 1.29 is 9.53 Å². The van der Waals surface area contributed by atoms with E-state index in [0.29, 0.717) is 30.3 Å². The molecule has 0 aromatic heterocycles. The summed E-state index contributed by atoms with van der Waals surface area (Å²) in [5, 5.41) is 3.63. The first-order valence-corrected chi connectivity index (χ1v) is 9.55. The van der Waals surface area contributed by atoms with E-state index in [9.17, 15) is 4.79 Å². The first kappa shape index (κ1) is 19.7. The van der Waals surface area contributed by atoms with E-state index >= 15 is 0 Å². The van der Waals surface area contributed by atoms with Gasteiger partial charge in [0.05, 0.1) is 19.3 Å². The van der Waals surface area contributed by atoms with Crippen LogP contribution in [0.4, 0.5) is 5.69 Å². The van der Waals surface area contributed by atoms with Gasteiger partial charge in [-0.05, 0) is 35.9 Å². The van der Waals surface area contributed by atoms with Crippen LogP contribution in [0.3, 0.4) is 0 Å². The van der Waals surface area contributed by atoms with Crippen molar-refractivity contribution in [3.05, 3.63) is 64.7 Å². The highest BCUT2D eigenvalue weighted by Crippen LogP contribution is 2.24. The number of nitrogens with one attached hydrogen (secondary N) is 1. The van der Waals surface area contributed by atoms with Crippen LogP contribution in [0.1, 0.15) is 22.0 Å². The van der Waals surface area contributed by atoms with Crippen LogP contribution in [0, 0.1) is 0 Å². The van der Waals surface area contributed by atoms with Crippen molar-refractivity contribution in [2.24, 2.45) is 0 Å². The molecule has 1 fully saturated rings. The number of anilines is 1. The Labute approximate surface area is 165 Å². The molecule has 0 aliphatic carbocycles. The van der Waals surface area contributed by atoms with Gasteiger partial charge in [-0.1, -0.05) is 29.8 Å². The fourth-order valence-electron chi connectivity index (χ4n) is 3.26. The lowest BCUT2D eigenvalue weighted by Crippen LogP contribution is -2.43. The van der Waals surface area contributed by atoms with Gasteiger partial charge in [0.25, 0.3) is 5.91 Å². The molecule has 144 valence electrons. The SMILES string of the molecule is CN(C)c1ccc([C@H](CNC(=O)c2cccc(Cl)c2)N2CCOCC2)cc1. The summed E-state index contributed by atoms with van der Waals surface area (Å²) >= 11 is 6.00. The van der Waals surface area contributed by atoms with Gasteiger partial charge in [-0.15, -0.1) is 0 Å². The third-order valence-electron chi connectivity index (χ3n) is 4.82. The molecule has 27 heavy (non-hydrogen) atoms. The molecule has 0 spiro atoms. The molecular formula is C21H26ClN3O2. The lowest BCUT2D eigenvalue weighted by Gasteiger charge is -2.35. The molecule has 1 heterocycles. The molecule has 0 radical (unpaired) electrons. The monoisotopic (exact) mass is 387 g/mol. The predicted molar refractivity (Wildman–Crippen MR) is 110 cm³/mol. The Morgan fingerprint density at radius 2 is 1.89 bits per heavy atom. The van der Waals surface area contributed by atoms with Crippen molar-refractivity contribution in [2.45, 2.75) is 6.04 Å². The van der Waals surface area contributed by atoms with E-state index in [1.165, 1.54) is 5.56 Å². The van der Waals surface area contributed by atoms with Gasteiger partial charge < -0.3 is 15.0 Å². The summed E-state index contributed by atoms with van der Waals surface area (Å²) in [6.45, 7) is 3.68.